The molecule has 6 N–H and O–H groups in total. The molecule has 1 amide bonds. The highest BCUT2D eigenvalue weighted by Crippen LogP contribution is 2.22. The molecule has 1 aliphatic heterocycles. The molecule has 2 unspecified atom stereocenters. The summed E-state index contributed by atoms with van der Waals surface area (Å²) in [5.41, 5.74) is 0. The molecule has 0 saturated carbocycles. The van der Waals surface area contributed by atoms with Crippen LogP contribution in [0.15, 0.2) is 12.2 Å². The van der Waals surface area contributed by atoms with Gasteiger partial charge in [0.05, 0.1) is 25.4 Å². The molecule has 0 bridgehead atoms. The molecule has 1 rings (SSSR count). The van der Waals surface area contributed by atoms with Gasteiger partial charge in [0.15, 0.2) is 6.29 Å². The summed E-state index contributed by atoms with van der Waals surface area (Å²) in [4.78, 5) is 12.8. The van der Waals surface area contributed by atoms with Crippen LogP contribution in [0, 0.1) is 0 Å². The highest BCUT2D eigenvalue weighted by atomic mass is 16.7. The van der Waals surface area contributed by atoms with Crippen LogP contribution in [-0.2, 0) is 14.3 Å². The Bertz CT molecular complexity index is 781. The normalized spacial score (nSPS) is 22.5. The van der Waals surface area contributed by atoms with Gasteiger partial charge in [-0.05, 0) is 19.3 Å². The maximum absolute atomic E-state index is 12.8. The average Bonchev–Trinajstić information content (AvgIpc) is 3.10. The lowest BCUT2D eigenvalue weighted by molar-refractivity contribution is -0.302. The Morgan fingerprint density at radius 1 is 0.673 bits per heavy atom. The fourth-order valence-corrected chi connectivity index (χ4v) is 6.51. The van der Waals surface area contributed by atoms with E-state index in [0.717, 1.165) is 38.5 Å². The van der Waals surface area contributed by atoms with Crippen LogP contribution in [0.25, 0.3) is 0 Å². The summed E-state index contributed by atoms with van der Waals surface area (Å²) in [6, 6.07) is -0.796. The Balaban J connectivity index is 2.39. The van der Waals surface area contributed by atoms with Crippen molar-refractivity contribution in [3.05, 3.63) is 12.2 Å². The first kappa shape index (κ1) is 46.0. The van der Waals surface area contributed by atoms with Crippen LogP contribution in [0.3, 0.4) is 0 Å². The predicted molar refractivity (Wildman–Crippen MR) is 198 cm³/mol. The van der Waals surface area contributed by atoms with E-state index in [2.05, 4.69) is 19.2 Å². The molecule has 1 saturated heterocycles. The average molecular weight is 700 g/mol. The Labute approximate surface area is 299 Å². The highest BCUT2D eigenvalue weighted by molar-refractivity contribution is 5.76. The first-order valence-electron chi connectivity index (χ1n) is 20.4. The van der Waals surface area contributed by atoms with E-state index in [4.69, 9.17) is 9.47 Å². The third-order valence-electron chi connectivity index (χ3n) is 9.86. The van der Waals surface area contributed by atoms with E-state index < -0.39 is 49.5 Å². The monoisotopic (exact) mass is 700 g/mol. The molecule has 0 radical (unpaired) electrons. The molecule has 49 heavy (non-hydrogen) atoms. The van der Waals surface area contributed by atoms with Crippen LogP contribution in [0.1, 0.15) is 181 Å². The van der Waals surface area contributed by atoms with Crippen LogP contribution >= 0.6 is 0 Å². The maximum Gasteiger partial charge on any atom is 0.220 e. The number of unbranched alkanes of at least 4 members (excludes halogenated alkanes) is 23. The molecule has 9 nitrogen and oxygen atoms in total. The summed E-state index contributed by atoms with van der Waals surface area (Å²) in [7, 11) is 0. The third kappa shape index (κ3) is 23.2. The van der Waals surface area contributed by atoms with Gasteiger partial charge >= 0.3 is 0 Å². The third-order valence-corrected chi connectivity index (χ3v) is 9.86. The number of ether oxygens (including phenoxy) is 2. The molecule has 9 heteroatoms. The van der Waals surface area contributed by atoms with Crippen molar-refractivity contribution in [3.8, 4) is 0 Å². The number of aliphatic hydroxyl groups excluding tert-OH is 5. The van der Waals surface area contributed by atoms with Gasteiger partial charge in [0.1, 0.15) is 24.4 Å². The molecule has 290 valence electrons. The summed E-state index contributed by atoms with van der Waals surface area (Å²) < 4.78 is 11.2. The molecular weight excluding hydrogens is 622 g/mol. The van der Waals surface area contributed by atoms with E-state index in [-0.39, 0.29) is 12.5 Å². The lowest BCUT2D eigenvalue weighted by Gasteiger charge is -2.40. The van der Waals surface area contributed by atoms with E-state index in [1.165, 1.54) is 122 Å². The number of amides is 1. The van der Waals surface area contributed by atoms with Gasteiger partial charge in [-0.2, -0.15) is 0 Å². The Morgan fingerprint density at radius 3 is 1.59 bits per heavy atom. The molecule has 1 fully saturated rings. The van der Waals surface area contributed by atoms with Crippen molar-refractivity contribution in [1.82, 2.24) is 5.32 Å². The smallest absolute Gasteiger partial charge is 0.220 e. The van der Waals surface area contributed by atoms with Crippen molar-refractivity contribution in [2.24, 2.45) is 0 Å². The van der Waals surface area contributed by atoms with Crippen molar-refractivity contribution in [2.75, 3.05) is 13.2 Å². The van der Waals surface area contributed by atoms with Gasteiger partial charge in [0, 0.05) is 6.42 Å². The molecule has 0 aromatic rings. The van der Waals surface area contributed by atoms with E-state index in [1.54, 1.807) is 6.08 Å². The largest absolute Gasteiger partial charge is 0.394 e. The lowest BCUT2D eigenvalue weighted by Crippen LogP contribution is -2.60. The second kappa shape index (κ2) is 31.6. The molecule has 0 aromatic heterocycles. The van der Waals surface area contributed by atoms with Crippen LogP contribution in [-0.4, -0.2) is 87.5 Å². The van der Waals surface area contributed by atoms with Gasteiger partial charge in [-0.1, -0.05) is 167 Å². The van der Waals surface area contributed by atoms with Crippen molar-refractivity contribution < 1.29 is 39.8 Å². The minimum Gasteiger partial charge on any atom is -0.394 e. The number of carbonyl (C=O) groups excluding carboxylic acids is 1. The SMILES string of the molecule is CCCCCCCCCCCCCCCCC/C=C/[C@@H](O)[C@H](CO[C@@H]1O[C@H](CO)[C@@H](O)C(O)C1O)NC(=O)CCCCCCCCCCC. The van der Waals surface area contributed by atoms with Gasteiger partial charge < -0.3 is 40.3 Å². The quantitative estimate of drug-likeness (QED) is 0.0307. The van der Waals surface area contributed by atoms with Crippen LogP contribution in [0.4, 0.5) is 0 Å². The lowest BCUT2D eigenvalue weighted by atomic mass is 9.99. The Hall–Kier alpha value is -1.07. The standard InChI is InChI=1S/C40H77NO8/c1-3-5-7-9-11-13-14-15-16-17-18-19-20-22-23-25-27-29-34(43)33(32-48-40-39(47)38(46)37(45)35(31-42)49-40)41-36(44)30-28-26-24-21-12-10-8-6-4-2/h27,29,33-35,37-40,42-43,45-47H,3-26,28,30-32H2,1-2H3,(H,41,44)/b29-27+/t33-,34+,35+,37+,38?,39?,40+/m0/s1. The zero-order valence-corrected chi connectivity index (χ0v) is 31.5. The second-order valence-corrected chi connectivity index (χ2v) is 14.4. The van der Waals surface area contributed by atoms with Crippen molar-refractivity contribution in [1.29, 1.82) is 0 Å². The molecule has 7 atom stereocenters. The number of carbonyl (C=O) groups is 1. The molecule has 1 aliphatic rings. The van der Waals surface area contributed by atoms with Gasteiger partial charge in [0.25, 0.3) is 0 Å². The van der Waals surface area contributed by atoms with E-state index in [0.29, 0.717) is 6.42 Å². The second-order valence-electron chi connectivity index (χ2n) is 14.4. The zero-order valence-electron chi connectivity index (χ0n) is 31.5. The molecule has 0 aromatic carbocycles. The van der Waals surface area contributed by atoms with E-state index >= 15 is 0 Å². The number of hydrogen-bond donors (Lipinski definition) is 6. The Morgan fingerprint density at radius 2 is 1.12 bits per heavy atom. The van der Waals surface area contributed by atoms with Gasteiger partial charge in [-0.15, -0.1) is 0 Å². The summed E-state index contributed by atoms with van der Waals surface area (Å²) in [6.45, 7) is 3.74. The number of nitrogens with one attached hydrogen (secondary N) is 1. The molecule has 0 aliphatic carbocycles. The highest BCUT2D eigenvalue weighted by Gasteiger charge is 2.44. The van der Waals surface area contributed by atoms with E-state index in [1.807, 2.05) is 6.08 Å². The summed E-state index contributed by atoms with van der Waals surface area (Å²) in [5, 5.41) is 53.9. The first-order valence-corrected chi connectivity index (χ1v) is 20.4. The maximum atomic E-state index is 12.8. The van der Waals surface area contributed by atoms with Crippen molar-refractivity contribution in [2.45, 2.75) is 224 Å². The van der Waals surface area contributed by atoms with Gasteiger partial charge in [-0.25, -0.2) is 0 Å². The van der Waals surface area contributed by atoms with Crippen molar-refractivity contribution >= 4 is 5.91 Å². The fourth-order valence-electron chi connectivity index (χ4n) is 6.51. The number of aliphatic hydroxyl groups is 5. The predicted octanol–water partition coefficient (Wildman–Crippen LogP) is 7.39. The summed E-state index contributed by atoms with van der Waals surface area (Å²) in [6.07, 6.45) is 26.9. The minimum absolute atomic E-state index is 0.180. The fraction of sp³-hybridized carbons (Fsp3) is 0.925. The summed E-state index contributed by atoms with van der Waals surface area (Å²) >= 11 is 0. The Kier molecular flexibility index (Phi) is 29.7. The van der Waals surface area contributed by atoms with Crippen LogP contribution < -0.4 is 5.32 Å². The topological polar surface area (TPSA) is 149 Å². The first-order chi connectivity index (χ1) is 23.8. The van der Waals surface area contributed by atoms with Crippen molar-refractivity contribution in [3.63, 3.8) is 0 Å². The summed E-state index contributed by atoms with van der Waals surface area (Å²) in [5.74, 6) is -0.180. The zero-order chi connectivity index (χ0) is 36.0. The molecule has 1 heterocycles. The van der Waals surface area contributed by atoms with Crippen LogP contribution in [0.5, 0.6) is 0 Å². The minimum atomic E-state index is -1.56. The number of hydrogen-bond acceptors (Lipinski definition) is 8. The van der Waals surface area contributed by atoms with Crippen LogP contribution in [0.2, 0.25) is 0 Å². The van der Waals surface area contributed by atoms with Gasteiger partial charge in [-0.3, -0.25) is 4.79 Å². The number of rotatable bonds is 33. The number of allylic oxidation sites excluding steroid dienone is 1. The van der Waals surface area contributed by atoms with E-state index in [9.17, 15) is 30.3 Å². The van der Waals surface area contributed by atoms with Gasteiger partial charge in [0.2, 0.25) is 5.91 Å². The molecule has 0 spiro atoms. The molecular formula is C40H77NO8.